The third kappa shape index (κ3) is 6.01. The molecule has 0 aliphatic heterocycles. The van der Waals surface area contributed by atoms with Crippen LogP contribution in [0.5, 0.6) is 0 Å². The zero-order valence-electron chi connectivity index (χ0n) is 11.1. The van der Waals surface area contributed by atoms with E-state index in [2.05, 4.69) is 5.32 Å². The van der Waals surface area contributed by atoms with Crippen molar-refractivity contribution in [1.29, 1.82) is 0 Å². The Morgan fingerprint density at radius 3 is 2.58 bits per heavy atom. The lowest BCUT2D eigenvalue weighted by Crippen LogP contribution is -2.34. The van der Waals surface area contributed by atoms with Gasteiger partial charge in [0.2, 0.25) is 11.8 Å². The standard InChI is InChI=1S/C14H20N2O3/c1-16(9-10-17)14(19)7-8-15-13(18)11-12-5-3-2-4-6-12/h2-6,17H,7-11H2,1H3,(H,15,18). The second kappa shape index (κ2) is 8.26. The molecule has 19 heavy (non-hydrogen) atoms. The monoisotopic (exact) mass is 264 g/mol. The van der Waals surface area contributed by atoms with E-state index in [1.807, 2.05) is 30.3 Å². The van der Waals surface area contributed by atoms with Crippen LogP contribution in [0, 0.1) is 0 Å². The summed E-state index contributed by atoms with van der Waals surface area (Å²) < 4.78 is 0. The van der Waals surface area contributed by atoms with Crippen molar-refractivity contribution in [3.05, 3.63) is 35.9 Å². The molecule has 2 amide bonds. The third-order valence-electron chi connectivity index (χ3n) is 2.73. The first kappa shape index (κ1) is 15.2. The molecule has 0 unspecified atom stereocenters. The molecule has 1 aromatic rings. The molecule has 0 radical (unpaired) electrons. The van der Waals surface area contributed by atoms with Crippen LogP contribution in [0.1, 0.15) is 12.0 Å². The Morgan fingerprint density at radius 2 is 1.95 bits per heavy atom. The highest BCUT2D eigenvalue weighted by Crippen LogP contribution is 1.99. The van der Waals surface area contributed by atoms with Gasteiger partial charge >= 0.3 is 0 Å². The molecule has 104 valence electrons. The fourth-order valence-electron chi connectivity index (χ4n) is 1.62. The van der Waals surface area contributed by atoms with Crippen molar-refractivity contribution in [1.82, 2.24) is 10.2 Å². The Hall–Kier alpha value is -1.88. The Balaban J connectivity index is 2.22. The van der Waals surface area contributed by atoms with Gasteiger partial charge in [-0.1, -0.05) is 30.3 Å². The van der Waals surface area contributed by atoms with Gasteiger partial charge in [0.1, 0.15) is 0 Å². The quantitative estimate of drug-likeness (QED) is 0.738. The molecule has 5 heteroatoms. The summed E-state index contributed by atoms with van der Waals surface area (Å²) in [6.45, 7) is 0.583. The van der Waals surface area contributed by atoms with Gasteiger partial charge in [0, 0.05) is 26.6 Å². The Kier molecular flexibility index (Phi) is 6.60. The van der Waals surface area contributed by atoms with Crippen molar-refractivity contribution in [2.75, 3.05) is 26.7 Å². The number of aliphatic hydroxyl groups is 1. The van der Waals surface area contributed by atoms with E-state index in [1.165, 1.54) is 4.90 Å². The van der Waals surface area contributed by atoms with Gasteiger partial charge in [-0.05, 0) is 5.56 Å². The number of aliphatic hydroxyl groups excluding tert-OH is 1. The molecule has 1 rings (SSSR count). The van der Waals surface area contributed by atoms with E-state index in [1.54, 1.807) is 7.05 Å². The van der Waals surface area contributed by atoms with Gasteiger partial charge in [-0.25, -0.2) is 0 Å². The molecular formula is C14H20N2O3. The molecule has 0 bridgehead atoms. The minimum absolute atomic E-state index is 0.0530. The minimum atomic E-state index is -0.0937. The van der Waals surface area contributed by atoms with E-state index in [4.69, 9.17) is 5.11 Å². The average molecular weight is 264 g/mol. The molecule has 0 aliphatic rings. The van der Waals surface area contributed by atoms with Crippen LogP contribution in [0.25, 0.3) is 0 Å². The molecule has 0 saturated heterocycles. The highest BCUT2D eigenvalue weighted by atomic mass is 16.3. The number of likely N-dealkylation sites (N-methyl/N-ethyl adjacent to an activating group) is 1. The van der Waals surface area contributed by atoms with Gasteiger partial charge in [0.25, 0.3) is 0 Å². The second-order valence-electron chi connectivity index (χ2n) is 4.30. The SMILES string of the molecule is CN(CCO)C(=O)CCNC(=O)Cc1ccccc1. The number of rotatable bonds is 7. The molecular weight excluding hydrogens is 244 g/mol. The smallest absolute Gasteiger partial charge is 0.224 e. The second-order valence-corrected chi connectivity index (χ2v) is 4.30. The maximum atomic E-state index is 11.6. The number of carbonyl (C=O) groups is 2. The van der Waals surface area contributed by atoms with Gasteiger partial charge in [-0.3, -0.25) is 9.59 Å². The van der Waals surface area contributed by atoms with Crippen LogP contribution in [0.4, 0.5) is 0 Å². The van der Waals surface area contributed by atoms with Crippen molar-refractivity contribution in [3.8, 4) is 0 Å². The van der Waals surface area contributed by atoms with E-state index in [9.17, 15) is 9.59 Å². The van der Waals surface area contributed by atoms with Crippen LogP contribution >= 0.6 is 0 Å². The minimum Gasteiger partial charge on any atom is -0.395 e. The summed E-state index contributed by atoms with van der Waals surface area (Å²) in [5, 5.41) is 11.4. The summed E-state index contributed by atoms with van der Waals surface area (Å²) >= 11 is 0. The first-order valence-electron chi connectivity index (χ1n) is 6.29. The normalized spacial score (nSPS) is 10.0. The van der Waals surface area contributed by atoms with E-state index in [0.717, 1.165) is 5.56 Å². The molecule has 0 atom stereocenters. The summed E-state index contributed by atoms with van der Waals surface area (Å²) in [6.07, 6.45) is 0.568. The van der Waals surface area contributed by atoms with Crippen molar-refractivity contribution < 1.29 is 14.7 Å². The topological polar surface area (TPSA) is 69.6 Å². The van der Waals surface area contributed by atoms with E-state index in [-0.39, 0.29) is 24.8 Å². The largest absolute Gasteiger partial charge is 0.395 e. The van der Waals surface area contributed by atoms with Gasteiger partial charge < -0.3 is 15.3 Å². The van der Waals surface area contributed by atoms with Crippen LogP contribution in [0.3, 0.4) is 0 Å². The number of benzene rings is 1. The summed E-state index contributed by atoms with van der Waals surface area (Å²) in [7, 11) is 1.63. The van der Waals surface area contributed by atoms with Crippen LogP contribution in [-0.4, -0.2) is 48.6 Å². The Morgan fingerprint density at radius 1 is 1.26 bits per heavy atom. The molecule has 2 N–H and O–H groups in total. The third-order valence-corrected chi connectivity index (χ3v) is 2.73. The summed E-state index contributed by atoms with van der Waals surface area (Å²) in [5.74, 6) is -0.183. The van der Waals surface area contributed by atoms with Crippen LogP contribution in [-0.2, 0) is 16.0 Å². The molecule has 0 saturated carbocycles. The van der Waals surface area contributed by atoms with E-state index >= 15 is 0 Å². The summed E-state index contributed by atoms with van der Waals surface area (Å²) in [4.78, 5) is 24.6. The average Bonchev–Trinajstić information content (AvgIpc) is 2.40. The molecule has 0 heterocycles. The lowest BCUT2D eigenvalue weighted by Gasteiger charge is -2.15. The van der Waals surface area contributed by atoms with Gasteiger partial charge in [0.05, 0.1) is 13.0 Å². The molecule has 0 aromatic heterocycles. The first-order chi connectivity index (χ1) is 9.13. The number of amides is 2. The molecule has 0 spiro atoms. The summed E-state index contributed by atoms with van der Waals surface area (Å²) in [6, 6.07) is 9.45. The maximum Gasteiger partial charge on any atom is 0.224 e. The number of carbonyl (C=O) groups excluding carboxylic acids is 2. The molecule has 5 nitrogen and oxygen atoms in total. The Labute approximate surface area is 113 Å². The van der Waals surface area contributed by atoms with Crippen LogP contribution < -0.4 is 5.32 Å². The Bertz CT molecular complexity index is 406. The molecule has 0 fully saturated rings. The maximum absolute atomic E-state index is 11.6. The number of hydrogen-bond acceptors (Lipinski definition) is 3. The van der Waals surface area contributed by atoms with Crippen molar-refractivity contribution in [2.45, 2.75) is 12.8 Å². The predicted octanol–water partition coefficient (Wildman–Crippen LogP) is 0.186. The van der Waals surface area contributed by atoms with Gasteiger partial charge in [-0.15, -0.1) is 0 Å². The van der Waals surface area contributed by atoms with E-state index in [0.29, 0.717) is 19.5 Å². The highest BCUT2D eigenvalue weighted by Gasteiger charge is 2.08. The highest BCUT2D eigenvalue weighted by molar-refractivity contribution is 5.80. The fraction of sp³-hybridized carbons (Fsp3) is 0.429. The van der Waals surface area contributed by atoms with E-state index < -0.39 is 0 Å². The van der Waals surface area contributed by atoms with Crippen LogP contribution in [0.15, 0.2) is 30.3 Å². The lowest BCUT2D eigenvalue weighted by atomic mass is 10.1. The van der Waals surface area contributed by atoms with Crippen molar-refractivity contribution >= 4 is 11.8 Å². The predicted molar refractivity (Wildman–Crippen MR) is 72.5 cm³/mol. The molecule has 0 aliphatic carbocycles. The first-order valence-corrected chi connectivity index (χ1v) is 6.29. The van der Waals surface area contributed by atoms with Gasteiger partial charge in [-0.2, -0.15) is 0 Å². The van der Waals surface area contributed by atoms with Crippen molar-refractivity contribution in [2.24, 2.45) is 0 Å². The number of hydrogen-bond donors (Lipinski definition) is 2. The fourth-order valence-corrected chi connectivity index (χ4v) is 1.62. The zero-order valence-corrected chi connectivity index (χ0v) is 11.1. The molecule has 1 aromatic carbocycles. The zero-order chi connectivity index (χ0) is 14.1. The van der Waals surface area contributed by atoms with Crippen molar-refractivity contribution in [3.63, 3.8) is 0 Å². The summed E-state index contributed by atoms with van der Waals surface area (Å²) in [5.41, 5.74) is 0.948. The van der Waals surface area contributed by atoms with Crippen LogP contribution in [0.2, 0.25) is 0 Å². The lowest BCUT2D eigenvalue weighted by molar-refractivity contribution is -0.130. The number of nitrogens with one attached hydrogen (secondary N) is 1. The number of nitrogens with zero attached hydrogens (tertiary/aromatic N) is 1. The van der Waals surface area contributed by atoms with Gasteiger partial charge in [0.15, 0.2) is 0 Å².